The number of aromatic hydroxyl groups is 1. The van der Waals surface area contributed by atoms with Crippen LogP contribution in [0.15, 0.2) is 24.3 Å². The van der Waals surface area contributed by atoms with E-state index in [4.69, 9.17) is 26.1 Å². The molecular weight excluding hydrogens is 306 g/mol. The Labute approximate surface area is 132 Å². The SMILES string of the molecule is CN(CC(=O)O)C(=N)N.COc1cc(C=CC(=O)O)ccc1O. The van der Waals surface area contributed by atoms with Crippen LogP contribution in [0.1, 0.15) is 5.56 Å². The Balaban J connectivity index is 0.000000468. The molecule has 0 radical (unpaired) electrons. The molecule has 1 aromatic rings. The van der Waals surface area contributed by atoms with Crippen LogP contribution in [0.4, 0.5) is 0 Å². The molecule has 0 atom stereocenters. The van der Waals surface area contributed by atoms with Gasteiger partial charge in [0.25, 0.3) is 0 Å². The molecule has 0 aromatic heterocycles. The highest BCUT2D eigenvalue weighted by Gasteiger charge is 2.03. The van der Waals surface area contributed by atoms with Crippen molar-refractivity contribution >= 4 is 24.0 Å². The number of hydrogen-bond donors (Lipinski definition) is 5. The average molecular weight is 325 g/mol. The summed E-state index contributed by atoms with van der Waals surface area (Å²) in [6, 6.07) is 4.59. The lowest BCUT2D eigenvalue weighted by Crippen LogP contribution is -2.36. The molecule has 0 aliphatic heterocycles. The third kappa shape index (κ3) is 8.60. The average Bonchev–Trinajstić information content (AvgIpc) is 2.46. The summed E-state index contributed by atoms with van der Waals surface area (Å²) in [5.74, 6) is -1.90. The summed E-state index contributed by atoms with van der Waals surface area (Å²) in [5, 5.41) is 32.5. The minimum atomic E-state index is -1.02. The molecule has 1 aromatic carbocycles. The van der Waals surface area contributed by atoms with Crippen LogP contribution >= 0.6 is 0 Å². The predicted molar refractivity (Wildman–Crippen MR) is 83.5 cm³/mol. The molecule has 9 heteroatoms. The quantitative estimate of drug-likeness (QED) is 0.295. The highest BCUT2D eigenvalue weighted by molar-refractivity contribution is 5.85. The Hall–Kier alpha value is -3.23. The number of aliphatic carboxylic acids is 2. The van der Waals surface area contributed by atoms with Crippen LogP contribution in [0.3, 0.4) is 0 Å². The number of carbonyl (C=O) groups is 2. The summed E-state index contributed by atoms with van der Waals surface area (Å²) < 4.78 is 4.86. The van der Waals surface area contributed by atoms with Crippen molar-refractivity contribution in [1.82, 2.24) is 4.90 Å². The molecule has 9 nitrogen and oxygen atoms in total. The highest BCUT2D eigenvalue weighted by atomic mass is 16.5. The molecule has 6 N–H and O–H groups in total. The second-order valence-corrected chi connectivity index (χ2v) is 4.24. The normalized spacial score (nSPS) is 9.65. The van der Waals surface area contributed by atoms with Crippen molar-refractivity contribution in [3.8, 4) is 11.5 Å². The monoisotopic (exact) mass is 325 g/mol. The van der Waals surface area contributed by atoms with Crippen molar-refractivity contribution in [1.29, 1.82) is 5.41 Å². The standard InChI is InChI=1S/C10H10O4.C4H9N3O2/c1-14-9-6-7(2-4-8(9)11)3-5-10(12)13;1-7(4(5)6)2-3(8)9/h2-6,11H,1H3,(H,12,13);2H2,1H3,(H3,5,6)(H,8,9). The van der Waals surface area contributed by atoms with E-state index in [9.17, 15) is 14.7 Å². The van der Waals surface area contributed by atoms with Crippen molar-refractivity contribution in [2.45, 2.75) is 0 Å². The molecule has 0 saturated heterocycles. The van der Waals surface area contributed by atoms with E-state index in [1.165, 1.54) is 26.3 Å². The lowest BCUT2D eigenvalue weighted by Gasteiger charge is -2.12. The van der Waals surface area contributed by atoms with Crippen molar-refractivity contribution in [2.24, 2.45) is 5.73 Å². The molecule has 0 heterocycles. The lowest BCUT2D eigenvalue weighted by atomic mass is 10.2. The van der Waals surface area contributed by atoms with Gasteiger partial charge in [0, 0.05) is 13.1 Å². The largest absolute Gasteiger partial charge is 0.504 e. The molecule has 0 bridgehead atoms. The van der Waals surface area contributed by atoms with Crippen molar-refractivity contribution in [2.75, 3.05) is 20.7 Å². The molecule has 23 heavy (non-hydrogen) atoms. The number of rotatable bonds is 5. The van der Waals surface area contributed by atoms with Gasteiger partial charge in [0.05, 0.1) is 7.11 Å². The molecule has 0 spiro atoms. The van der Waals surface area contributed by atoms with Gasteiger partial charge in [-0.05, 0) is 23.8 Å². The molecule has 0 aliphatic rings. The highest BCUT2D eigenvalue weighted by Crippen LogP contribution is 2.26. The topological polar surface area (TPSA) is 157 Å². The first-order valence-electron chi connectivity index (χ1n) is 6.22. The summed E-state index contributed by atoms with van der Waals surface area (Å²) in [6.45, 7) is -0.227. The Morgan fingerprint density at radius 3 is 2.39 bits per heavy atom. The number of phenols is 1. The van der Waals surface area contributed by atoms with E-state index in [2.05, 4.69) is 0 Å². The van der Waals surface area contributed by atoms with Crippen LogP contribution < -0.4 is 10.5 Å². The molecule has 0 aliphatic carbocycles. The van der Waals surface area contributed by atoms with E-state index < -0.39 is 11.9 Å². The van der Waals surface area contributed by atoms with Gasteiger partial charge in [-0.2, -0.15) is 0 Å². The number of carboxylic acids is 2. The van der Waals surface area contributed by atoms with Crippen LogP contribution in [0.2, 0.25) is 0 Å². The summed E-state index contributed by atoms with van der Waals surface area (Å²) in [7, 11) is 2.87. The molecule has 0 fully saturated rings. The Morgan fingerprint density at radius 1 is 1.39 bits per heavy atom. The first-order chi connectivity index (χ1) is 10.7. The number of carboxylic acid groups (broad SMARTS) is 2. The number of nitrogens with one attached hydrogen (secondary N) is 1. The van der Waals surface area contributed by atoms with E-state index >= 15 is 0 Å². The molecule has 126 valence electrons. The van der Waals surface area contributed by atoms with Gasteiger partial charge in [-0.3, -0.25) is 10.2 Å². The van der Waals surface area contributed by atoms with E-state index in [-0.39, 0.29) is 18.3 Å². The third-order valence-corrected chi connectivity index (χ3v) is 2.41. The van der Waals surface area contributed by atoms with Crippen LogP contribution in [-0.4, -0.2) is 58.8 Å². The number of hydrogen-bond acceptors (Lipinski definition) is 5. The first-order valence-corrected chi connectivity index (χ1v) is 6.22. The number of nitrogens with zero attached hydrogens (tertiary/aromatic N) is 1. The van der Waals surface area contributed by atoms with Gasteiger partial charge < -0.3 is 30.7 Å². The second kappa shape index (κ2) is 9.66. The molecule has 0 amide bonds. The molecule has 1 rings (SSSR count). The van der Waals surface area contributed by atoms with Crippen LogP contribution in [-0.2, 0) is 9.59 Å². The number of likely N-dealkylation sites (N-methyl/N-ethyl adjacent to an activating group) is 1. The van der Waals surface area contributed by atoms with Crippen molar-refractivity contribution in [3.63, 3.8) is 0 Å². The van der Waals surface area contributed by atoms with Crippen LogP contribution in [0.5, 0.6) is 11.5 Å². The smallest absolute Gasteiger partial charge is 0.328 e. The van der Waals surface area contributed by atoms with E-state index in [0.29, 0.717) is 11.3 Å². The van der Waals surface area contributed by atoms with Gasteiger partial charge in [-0.25, -0.2) is 4.79 Å². The second-order valence-electron chi connectivity index (χ2n) is 4.24. The van der Waals surface area contributed by atoms with E-state index in [1.54, 1.807) is 12.1 Å². The van der Waals surface area contributed by atoms with Gasteiger partial charge in [-0.15, -0.1) is 0 Å². The van der Waals surface area contributed by atoms with Gasteiger partial charge in [0.15, 0.2) is 17.5 Å². The molecule has 0 saturated carbocycles. The van der Waals surface area contributed by atoms with Gasteiger partial charge in [0.2, 0.25) is 0 Å². The van der Waals surface area contributed by atoms with Crippen molar-refractivity contribution in [3.05, 3.63) is 29.8 Å². The van der Waals surface area contributed by atoms with E-state index in [1.807, 2.05) is 0 Å². The maximum atomic E-state index is 10.2. The minimum Gasteiger partial charge on any atom is -0.504 e. The van der Waals surface area contributed by atoms with Crippen molar-refractivity contribution < 1.29 is 29.6 Å². The fourth-order valence-corrected chi connectivity index (χ4v) is 1.25. The van der Waals surface area contributed by atoms with Gasteiger partial charge in [-0.1, -0.05) is 6.07 Å². The number of benzene rings is 1. The predicted octanol–water partition coefficient (Wildman–Crippen LogP) is 0.395. The molecule has 0 unspecified atom stereocenters. The Morgan fingerprint density at radius 2 is 2.00 bits per heavy atom. The Bertz CT molecular complexity index is 600. The maximum absolute atomic E-state index is 10.2. The number of nitrogens with two attached hydrogens (primary N) is 1. The fraction of sp³-hybridized carbons (Fsp3) is 0.214. The zero-order valence-corrected chi connectivity index (χ0v) is 12.7. The first kappa shape index (κ1) is 19.8. The van der Waals surface area contributed by atoms with Gasteiger partial charge in [0.1, 0.15) is 6.54 Å². The van der Waals surface area contributed by atoms with E-state index in [0.717, 1.165) is 11.0 Å². The zero-order chi connectivity index (χ0) is 18.0. The number of ether oxygens (including phenoxy) is 1. The number of phenolic OH excluding ortho intramolecular Hbond substituents is 1. The number of methoxy groups -OCH3 is 1. The lowest BCUT2D eigenvalue weighted by molar-refractivity contribution is -0.137. The third-order valence-electron chi connectivity index (χ3n) is 2.41. The zero-order valence-electron chi connectivity index (χ0n) is 12.7. The summed E-state index contributed by atoms with van der Waals surface area (Å²) in [4.78, 5) is 21.3. The molecular formula is C14H19N3O6. The minimum absolute atomic E-state index is 0.0278. The maximum Gasteiger partial charge on any atom is 0.328 e. The Kier molecular flexibility index (Phi) is 8.30. The summed E-state index contributed by atoms with van der Waals surface area (Å²) in [6.07, 6.45) is 2.44. The van der Waals surface area contributed by atoms with Crippen LogP contribution in [0.25, 0.3) is 6.08 Å². The fourth-order valence-electron chi connectivity index (χ4n) is 1.25. The number of guanidine groups is 1. The summed E-state index contributed by atoms with van der Waals surface area (Å²) in [5.41, 5.74) is 5.58. The van der Waals surface area contributed by atoms with Crippen LogP contribution in [0, 0.1) is 5.41 Å². The van der Waals surface area contributed by atoms with Gasteiger partial charge >= 0.3 is 11.9 Å². The summed E-state index contributed by atoms with van der Waals surface area (Å²) >= 11 is 0.